The molecule has 0 radical (unpaired) electrons. The van der Waals surface area contributed by atoms with E-state index in [0.29, 0.717) is 28.0 Å². The van der Waals surface area contributed by atoms with Gasteiger partial charge in [-0.25, -0.2) is 9.37 Å². The van der Waals surface area contributed by atoms with Gasteiger partial charge in [-0.05, 0) is 37.3 Å². The summed E-state index contributed by atoms with van der Waals surface area (Å²) in [7, 11) is 0. The van der Waals surface area contributed by atoms with Gasteiger partial charge >= 0.3 is 0 Å². The Bertz CT molecular complexity index is 1060. The van der Waals surface area contributed by atoms with E-state index in [9.17, 15) is 9.18 Å². The fourth-order valence-electron chi connectivity index (χ4n) is 2.28. The number of benzene rings is 1. The van der Waals surface area contributed by atoms with Crippen molar-refractivity contribution in [3.05, 3.63) is 57.7 Å². The van der Waals surface area contributed by atoms with Crippen LogP contribution in [0, 0.1) is 17.5 Å². The predicted molar refractivity (Wildman–Crippen MR) is 103 cm³/mol. The number of nitrogens with one attached hydrogen (secondary N) is 2. The highest BCUT2D eigenvalue weighted by Gasteiger charge is 2.19. The molecule has 1 aromatic carbocycles. The lowest BCUT2D eigenvalue weighted by Crippen LogP contribution is -2.13. The van der Waals surface area contributed by atoms with Gasteiger partial charge < -0.3 is 0 Å². The summed E-state index contributed by atoms with van der Waals surface area (Å²) in [4.78, 5) is 17.4. The van der Waals surface area contributed by atoms with E-state index in [1.54, 1.807) is 17.6 Å². The number of amides is 1. The van der Waals surface area contributed by atoms with Gasteiger partial charge in [-0.15, -0.1) is 6.58 Å². The molecular weight excluding hydrogens is 397 g/mol. The minimum atomic E-state index is -0.699. The van der Waals surface area contributed by atoms with E-state index in [0.717, 1.165) is 10.9 Å². The second-order valence-electron chi connectivity index (χ2n) is 5.26. The maximum absolute atomic E-state index is 13.9. The number of aryl methyl sites for hydroxylation is 1. The number of nitrogens with zero attached hydrogens (tertiary/aromatic N) is 3. The van der Waals surface area contributed by atoms with Crippen LogP contribution in [0.5, 0.6) is 0 Å². The topological polar surface area (TPSA) is 75.6 Å². The van der Waals surface area contributed by atoms with Crippen LogP contribution in [0.3, 0.4) is 0 Å². The number of aromatic nitrogens is 4. The van der Waals surface area contributed by atoms with Gasteiger partial charge in [0.2, 0.25) is 0 Å². The van der Waals surface area contributed by atoms with E-state index in [1.165, 1.54) is 23.5 Å². The van der Waals surface area contributed by atoms with Crippen molar-refractivity contribution in [2.24, 2.45) is 0 Å². The van der Waals surface area contributed by atoms with Crippen LogP contribution in [0.25, 0.3) is 10.7 Å². The van der Waals surface area contributed by atoms with Gasteiger partial charge in [-0.1, -0.05) is 29.0 Å². The van der Waals surface area contributed by atoms with Crippen molar-refractivity contribution in [1.82, 2.24) is 19.7 Å². The Morgan fingerprint density at radius 3 is 3.04 bits per heavy atom. The van der Waals surface area contributed by atoms with Crippen LogP contribution >= 0.6 is 35.2 Å². The van der Waals surface area contributed by atoms with Crippen LogP contribution in [0.15, 0.2) is 30.9 Å². The predicted octanol–water partition coefficient (Wildman–Crippen LogP) is 4.60. The summed E-state index contributed by atoms with van der Waals surface area (Å²) in [5.74, 6) is -0.706. The first kappa shape index (κ1) is 18.4. The monoisotopic (exact) mass is 409 g/mol. The molecule has 0 aliphatic rings. The van der Waals surface area contributed by atoms with Crippen molar-refractivity contribution in [1.29, 1.82) is 0 Å². The first-order valence-corrected chi connectivity index (χ1v) is 9.01. The zero-order valence-electron chi connectivity index (χ0n) is 13.5. The maximum Gasteiger partial charge on any atom is 0.260 e. The molecule has 3 rings (SSSR count). The van der Waals surface area contributed by atoms with E-state index in [1.807, 2.05) is 0 Å². The summed E-state index contributed by atoms with van der Waals surface area (Å²) < 4.78 is 16.1. The van der Waals surface area contributed by atoms with Crippen LogP contribution in [0.4, 0.5) is 9.52 Å². The molecule has 2 N–H and O–H groups in total. The SMILES string of the molecule is C=CCn1c(-c2sc(NC(=O)c3ccc(Cl)cc3F)nc2C)n[nH]c1=S. The number of aromatic amines is 1. The Morgan fingerprint density at radius 1 is 1.58 bits per heavy atom. The molecule has 0 fully saturated rings. The van der Waals surface area contributed by atoms with Gasteiger partial charge in [0.15, 0.2) is 15.7 Å². The Balaban J connectivity index is 1.90. The lowest BCUT2D eigenvalue weighted by atomic mass is 10.2. The smallest absolute Gasteiger partial charge is 0.260 e. The van der Waals surface area contributed by atoms with Gasteiger partial charge in [0.25, 0.3) is 5.91 Å². The maximum atomic E-state index is 13.9. The van der Waals surface area contributed by atoms with Gasteiger partial charge in [-0.2, -0.15) is 5.10 Å². The summed E-state index contributed by atoms with van der Waals surface area (Å²) in [6, 6.07) is 3.86. The van der Waals surface area contributed by atoms with E-state index >= 15 is 0 Å². The first-order chi connectivity index (χ1) is 12.4. The van der Waals surface area contributed by atoms with E-state index < -0.39 is 11.7 Å². The fourth-order valence-corrected chi connectivity index (χ4v) is 3.61. The Kier molecular flexibility index (Phi) is 5.30. The molecule has 10 heteroatoms. The third-order valence-electron chi connectivity index (χ3n) is 3.47. The molecule has 6 nitrogen and oxygen atoms in total. The number of halogens is 2. The number of anilines is 1. The summed E-state index contributed by atoms with van der Waals surface area (Å²) in [5.41, 5.74) is 0.555. The molecule has 0 aliphatic carbocycles. The fraction of sp³-hybridized carbons (Fsp3) is 0.125. The van der Waals surface area contributed by atoms with Crippen molar-refractivity contribution in [2.75, 3.05) is 5.32 Å². The van der Waals surface area contributed by atoms with Crippen LogP contribution in [-0.2, 0) is 6.54 Å². The highest BCUT2D eigenvalue weighted by Crippen LogP contribution is 2.32. The van der Waals surface area contributed by atoms with Gasteiger partial charge in [-0.3, -0.25) is 19.8 Å². The largest absolute Gasteiger partial charge is 0.298 e. The minimum Gasteiger partial charge on any atom is -0.298 e. The molecule has 0 saturated carbocycles. The highest BCUT2D eigenvalue weighted by molar-refractivity contribution is 7.71. The van der Waals surface area contributed by atoms with Crippen molar-refractivity contribution < 1.29 is 9.18 Å². The van der Waals surface area contributed by atoms with Crippen molar-refractivity contribution in [3.63, 3.8) is 0 Å². The number of carbonyl (C=O) groups excluding carboxylic acids is 1. The number of hydrogen-bond donors (Lipinski definition) is 2. The number of allylic oxidation sites excluding steroid dienone is 1. The molecule has 0 spiro atoms. The molecule has 26 heavy (non-hydrogen) atoms. The van der Waals surface area contributed by atoms with Crippen LogP contribution in [0.1, 0.15) is 16.1 Å². The summed E-state index contributed by atoms with van der Waals surface area (Å²) >= 11 is 12.1. The molecule has 0 bridgehead atoms. The minimum absolute atomic E-state index is 0.113. The number of carbonyl (C=O) groups is 1. The standard InChI is InChI=1S/C16H13ClFN5OS2/c1-3-6-23-13(21-22-16(23)25)12-8(2)19-15(26-12)20-14(24)10-5-4-9(17)7-11(10)18/h3-5,7H,1,6H2,2H3,(H,22,25)(H,19,20,24). The first-order valence-electron chi connectivity index (χ1n) is 7.41. The molecule has 2 heterocycles. The second kappa shape index (κ2) is 7.48. The van der Waals surface area contributed by atoms with Crippen LogP contribution in [0.2, 0.25) is 5.02 Å². The van der Waals surface area contributed by atoms with Gasteiger partial charge in [0.1, 0.15) is 5.82 Å². The summed E-state index contributed by atoms with van der Waals surface area (Å²) in [6.07, 6.45) is 1.71. The lowest BCUT2D eigenvalue weighted by Gasteiger charge is -2.03. The molecule has 0 saturated heterocycles. The Morgan fingerprint density at radius 2 is 2.35 bits per heavy atom. The highest BCUT2D eigenvalue weighted by atomic mass is 35.5. The number of thiazole rings is 1. The third-order valence-corrected chi connectivity index (χ3v) is 5.08. The van der Waals surface area contributed by atoms with Gasteiger partial charge in [0, 0.05) is 11.6 Å². The normalized spacial score (nSPS) is 10.7. The lowest BCUT2D eigenvalue weighted by molar-refractivity contribution is 0.102. The van der Waals surface area contributed by atoms with Crippen molar-refractivity contribution in [3.8, 4) is 10.7 Å². The second-order valence-corrected chi connectivity index (χ2v) is 7.09. The molecule has 0 aliphatic heterocycles. The zero-order chi connectivity index (χ0) is 18.8. The molecule has 3 aromatic rings. The molecule has 0 atom stereocenters. The molecule has 2 aromatic heterocycles. The van der Waals surface area contributed by atoms with Crippen LogP contribution < -0.4 is 5.32 Å². The summed E-state index contributed by atoms with van der Waals surface area (Å²) in [6.45, 7) is 5.98. The van der Waals surface area contributed by atoms with E-state index in [-0.39, 0.29) is 10.6 Å². The molecular formula is C16H13ClFN5OS2. The van der Waals surface area contributed by atoms with Crippen molar-refractivity contribution in [2.45, 2.75) is 13.5 Å². The molecule has 0 unspecified atom stereocenters. The quantitative estimate of drug-likeness (QED) is 0.477. The Labute approximate surface area is 162 Å². The average molecular weight is 410 g/mol. The third kappa shape index (κ3) is 3.59. The summed E-state index contributed by atoms with van der Waals surface area (Å²) in [5, 5.41) is 10.1. The Hall–Kier alpha value is -2.36. The molecule has 134 valence electrons. The average Bonchev–Trinajstić information content (AvgIpc) is 3.11. The zero-order valence-corrected chi connectivity index (χ0v) is 15.9. The van der Waals surface area contributed by atoms with E-state index in [2.05, 4.69) is 27.1 Å². The molecule has 1 amide bonds. The van der Waals surface area contributed by atoms with Gasteiger partial charge in [0.05, 0.1) is 16.1 Å². The van der Waals surface area contributed by atoms with Crippen LogP contribution in [-0.4, -0.2) is 25.7 Å². The van der Waals surface area contributed by atoms with E-state index in [4.69, 9.17) is 23.8 Å². The number of H-pyrrole nitrogens is 1. The van der Waals surface area contributed by atoms with Crippen molar-refractivity contribution >= 4 is 46.2 Å². The number of rotatable bonds is 5. The number of hydrogen-bond acceptors (Lipinski definition) is 5.